The van der Waals surface area contributed by atoms with E-state index in [-0.39, 0.29) is 12.0 Å². The molecule has 5 nitrogen and oxygen atoms in total. The molecule has 0 radical (unpaired) electrons. The first-order chi connectivity index (χ1) is 8.79. The van der Waals surface area contributed by atoms with Crippen LogP contribution in [-0.4, -0.2) is 30.1 Å². The topological polar surface area (TPSA) is 77.2 Å². The number of hydrogen-bond donors (Lipinski definition) is 2. The summed E-state index contributed by atoms with van der Waals surface area (Å²) in [7, 11) is 0. The number of nitrogens with zero attached hydrogens (tertiary/aromatic N) is 1. The Balaban J connectivity index is 1.86. The van der Waals surface area contributed by atoms with Gasteiger partial charge in [0.05, 0.1) is 11.8 Å². The van der Waals surface area contributed by atoms with E-state index in [0.717, 1.165) is 25.1 Å². The van der Waals surface area contributed by atoms with Crippen molar-refractivity contribution in [1.82, 2.24) is 10.3 Å². The molecule has 0 bridgehead atoms. The Hall–Kier alpha value is -1.46. The van der Waals surface area contributed by atoms with Crippen LogP contribution < -0.4 is 11.1 Å². The molecule has 1 aromatic rings. The number of rotatable bonds is 4. The molecule has 1 amide bonds. The molecule has 2 rings (SSSR count). The fourth-order valence-corrected chi connectivity index (χ4v) is 2.01. The minimum atomic E-state index is -0.0960. The van der Waals surface area contributed by atoms with Gasteiger partial charge in [-0.05, 0) is 31.4 Å². The van der Waals surface area contributed by atoms with Gasteiger partial charge < -0.3 is 15.8 Å². The molecule has 3 N–H and O–H groups in total. The standard InChI is InChI=1S/C13H19N3O2/c14-8-11-7-10(4-5-15-11)13(17)16-9-12-3-1-2-6-18-12/h4-5,7,12H,1-3,6,8-9,14H2,(H,16,17). The van der Waals surface area contributed by atoms with E-state index in [2.05, 4.69) is 10.3 Å². The molecule has 0 aromatic carbocycles. The molecule has 1 saturated heterocycles. The lowest BCUT2D eigenvalue weighted by Gasteiger charge is -2.22. The van der Waals surface area contributed by atoms with Crippen LogP contribution in [0.5, 0.6) is 0 Å². The zero-order valence-corrected chi connectivity index (χ0v) is 10.4. The van der Waals surface area contributed by atoms with Gasteiger partial charge in [-0.25, -0.2) is 0 Å². The van der Waals surface area contributed by atoms with Gasteiger partial charge in [0.1, 0.15) is 0 Å². The predicted octanol–water partition coefficient (Wildman–Crippen LogP) is 0.839. The van der Waals surface area contributed by atoms with Crippen LogP contribution in [0.15, 0.2) is 18.3 Å². The first kappa shape index (κ1) is 13.0. The van der Waals surface area contributed by atoms with Gasteiger partial charge in [-0.2, -0.15) is 0 Å². The van der Waals surface area contributed by atoms with E-state index in [1.807, 2.05) is 0 Å². The molecule has 5 heteroatoms. The number of hydrogen-bond acceptors (Lipinski definition) is 4. The highest BCUT2D eigenvalue weighted by molar-refractivity contribution is 5.94. The van der Waals surface area contributed by atoms with E-state index in [1.165, 1.54) is 6.42 Å². The second-order valence-electron chi connectivity index (χ2n) is 4.44. The largest absolute Gasteiger partial charge is 0.376 e. The van der Waals surface area contributed by atoms with E-state index in [4.69, 9.17) is 10.5 Å². The fraction of sp³-hybridized carbons (Fsp3) is 0.538. The van der Waals surface area contributed by atoms with Crippen molar-refractivity contribution in [1.29, 1.82) is 0 Å². The normalized spacial score (nSPS) is 19.5. The summed E-state index contributed by atoms with van der Waals surface area (Å²) < 4.78 is 5.56. The van der Waals surface area contributed by atoms with Crippen LogP contribution in [-0.2, 0) is 11.3 Å². The molecule has 2 heterocycles. The van der Waals surface area contributed by atoms with Crippen molar-refractivity contribution >= 4 is 5.91 Å². The minimum Gasteiger partial charge on any atom is -0.376 e. The van der Waals surface area contributed by atoms with Gasteiger partial charge in [-0.1, -0.05) is 0 Å². The Morgan fingerprint density at radius 2 is 2.44 bits per heavy atom. The molecule has 0 aliphatic carbocycles. The van der Waals surface area contributed by atoms with E-state index in [9.17, 15) is 4.79 Å². The highest BCUT2D eigenvalue weighted by atomic mass is 16.5. The summed E-state index contributed by atoms with van der Waals surface area (Å²) in [6, 6.07) is 3.41. The summed E-state index contributed by atoms with van der Waals surface area (Å²) in [6.45, 7) is 1.71. The zero-order valence-electron chi connectivity index (χ0n) is 10.4. The summed E-state index contributed by atoms with van der Waals surface area (Å²) in [5.74, 6) is -0.0960. The minimum absolute atomic E-state index is 0.0960. The number of carbonyl (C=O) groups is 1. The molecule has 1 aliphatic rings. The third kappa shape index (κ3) is 3.51. The number of nitrogens with one attached hydrogen (secondary N) is 1. The Labute approximate surface area is 107 Å². The van der Waals surface area contributed by atoms with Gasteiger partial charge in [0.2, 0.25) is 0 Å². The lowest BCUT2D eigenvalue weighted by Crippen LogP contribution is -2.35. The summed E-state index contributed by atoms with van der Waals surface area (Å²) in [5.41, 5.74) is 6.81. The second kappa shape index (κ2) is 6.47. The number of nitrogens with two attached hydrogens (primary N) is 1. The van der Waals surface area contributed by atoms with Gasteiger partial charge >= 0.3 is 0 Å². The van der Waals surface area contributed by atoms with Crippen molar-refractivity contribution in [2.45, 2.75) is 31.9 Å². The summed E-state index contributed by atoms with van der Waals surface area (Å²) in [6.07, 6.45) is 5.07. The lowest BCUT2D eigenvalue weighted by atomic mass is 10.1. The highest BCUT2D eigenvalue weighted by Crippen LogP contribution is 2.11. The Kier molecular flexibility index (Phi) is 4.66. The van der Waals surface area contributed by atoms with Gasteiger partial charge in [-0.15, -0.1) is 0 Å². The van der Waals surface area contributed by atoms with E-state index in [0.29, 0.717) is 18.7 Å². The molecule has 0 saturated carbocycles. The maximum absolute atomic E-state index is 11.9. The third-order valence-corrected chi connectivity index (χ3v) is 3.05. The van der Waals surface area contributed by atoms with Crippen molar-refractivity contribution in [2.24, 2.45) is 5.73 Å². The van der Waals surface area contributed by atoms with Crippen molar-refractivity contribution in [2.75, 3.05) is 13.2 Å². The summed E-state index contributed by atoms with van der Waals surface area (Å²) in [5, 5.41) is 2.89. The van der Waals surface area contributed by atoms with Crippen molar-refractivity contribution < 1.29 is 9.53 Å². The molecule has 1 fully saturated rings. The monoisotopic (exact) mass is 249 g/mol. The van der Waals surface area contributed by atoms with E-state index in [1.54, 1.807) is 18.3 Å². The molecular formula is C13H19N3O2. The first-order valence-electron chi connectivity index (χ1n) is 6.34. The Morgan fingerprint density at radius 1 is 1.56 bits per heavy atom. The quantitative estimate of drug-likeness (QED) is 0.829. The smallest absolute Gasteiger partial charge is 0.251 e. The molecular weight excluding hydrogens is 230 g/mol. The average molecular weight is 249 g/mol. The predicted molar refractivity (Wildman–Crippen MR) is 68.1 cm³/mol. The van der Waals surface area contributed by atoms with E-state index >= 15 is 0 Å². The molecule has 0 spiro atoms. The van der Waals surface area contributed by atoms with Crippen molar-refractivity contribution in [3.63, 3.8) is 0 Å². The van der Waals surface area contributed by atoms with Crippen LogP contribution in [0.3, 0.4) is 0 Å². The second-order valence-corrected chi connectivity index (χ2v) is 4.44. The molecule has 1 aromatic heterocycles. The summed E-state index contributed by atoms with van der Waals surface area (Å²) in [4.78, 5) is 16.0. The number of ether oxygens (including phenoxy) is 1. The van der Waals surface area contributed by atoms with E-state index < -0.39 is 0 Å². The first-order valence-corrected chi connectivity index (χ1v) is 6.34. The molecule has 1 unspecified atom stereocenters. The zero-order chi connectivity index (χ0) is 12.8. The SMILES string of the molecule is NCc1cc(C(=O)NCC2CCCCO2)ccn1. The average Bonchev–Trinajstić information content (AvgIpc) is 2.46. The molecule has 1 aliphatic heterocycles. The Morgan fingerprint density at radius 3 is 3.17 bits per heavy atom. The van der Waals surface area contributed by atoms with Gasteiger partial charge in [-0.3, -0.25) is 9.78 Å². The maximum Gasteiger partial charge on any atom is 0.251 e. The molecule has 18 heavy (non-hydrogen) atoms. The van der Waals surface area contributed by atoms with Crippen LogP contribution >= 0.6 is 0 Å². The number of aromatic nitrogens is 1. The Bertz CT molecular complexity index is 403. The van der Waals surface area contributed by atoms with Gasteiger partial charge in [0, 0.05) is 31.5 Å². The third-order valence-electron chi connectivity index (χ3n) is 3.05. The number of pyridine rings is 1. The number of carbonyl (C=O) groups excluding carboxylic acids is 1. The van der Waals surface area contributed by atoms with Gasteiger partial charge in [0.25, 0.3) is 5.91 Å². The summed E-state index contributed by atoms with van der Waals surface area (Å²) >= 11 is 0. The van der Waals surface area contributed by atoms with Crippen LogP contribution in [0, 0.1) is 0 Å². The molecule has 98 valence electrons. The fourth-order valence-electron chi connectivity index (χ4n) is 2.01. The lowest BCUT2D eigenvalue weighted by molar-refractivity contribution is 0.0169. The van der Waals surface area contributed by atoms with Crippen molar-refractivity contribution in [3.8, 4) is 0 Å². The highest BCUT2D eigenvalue weighted by Gasteiger charge is 2.15. The molecule has 1 atom stereocenters. The van der Waals surface area contributed by atoms with Crippen LogP contribution in [0.25, 0.3) is 0 Å². The van der Waals surface area contributed by atoms with Crippen LogP contribution in [0.1, 0.15) is 35.3 Å². The number of amides is 1. The van der Waals surface area contributed by atoms with Crippen LogP contribution in [0.4, 0.5) is 0 Å². The van der Waals surface area contributed by atoms with Crippen LogP contribution in [0.2, 0.25) is 0 Å². The van der Waals surface area contributed by atoms with Gasteiger partial charge in [0.15, 0.2) is 0 Å². The maximum atomic E-state index is 11.9. The van der Waals surface area contributed by atoms with Crippen molar-refractivity contribution in [3.05, 3.63) is 29.6 Å².